The van der Waals surface area contributed by atoms with Crippen LogP contribution in [0.25, 0.3) is 11.0 Å². The quantitative estimate of drug-likeness (QED) is 0.545. The molecule has 4 aromatic rings. The fraction of sp³-hybridized carbons (Fsp3) is 0.227. The second-order valence-corrected chi connectivity index (χ2v) is 7.72. The van der Waals surface area contributed by atoms with Crippen molar-refractivity contribution in [3.63, 3.8) is 0 Å². The highest BCUT2D eigenvalue weighted by Gasteiger charge is 2.33. The van der Waals surface area contributed by atoms with Gasteiger partial charge in [0.05, 0.1) is 35.4 Å². The van der Waals surface area contributed by atoms with Gasteiger partial charge in [-0.2, -0.15) is 5.10 Å². The predicted molar refractivity (Wildman–Crippen MR) is 112 cm³/mol. The highest BCUT2D eigenvalue weighted by atomic mass is 35.5. The molecule has 1 fully saturated rings. The zero-order valence-electron chi connectivity index (χ0n) is 15.8. The van der Waals surface area contributed by atoms with Crippen molar-refractivity contribution in [2.24, 2.45) is 0 Å². The Morgan fingerprint density at radius 2 is 2.00 bits per heavy atom. The highest BCUT2D eigenvalue weighted by molar-refractivity contribution is 6.31. The number of nitrogens with zero attached hydrogens (tertiary/aromatic N) is 4. The molecular weight excluding hydrogens is 386 g/mol. The maximum Gasteiger partial charge on any atom is 0.257 e. The third-order valence-electron chi connectivity index (χ3n) is 5.41. The van der Waals surface area contributed by atoms with Gasteiger partial charge < -0.3 is 9.88 Å². The maximum absolute atomic E-state index is 13.2. The van der Waals surface area contributed by atoms with Crippen LogP contribution in [0, 0.1) is 0 Å². The van der Waals surface area contributed by atoms with Gasteiger partial charge in [-0.05, 0) is 36.6 Å². The maximum atomic E-state index is 13.2. The fourth-order valence-electron chi connectivity index (χ4n) is 3.95. The third-order valence-corrected chi connectivity index (χ3v) is 5.78. The smallest absolute Gasteiger partial charge is 0.257 e. The molecule has 1 aliphatic rings. The van der Waals surface area contributed by atoms with Gasteiger partial charge in [-0.15, -0.1) is 0 Å². The molecule has 0 radical (unpaired) electrons. The molecule has 2 aromatic heterocycles. The van der Waals surface area contributed by atoms with E-state index in [4.69, 9.17) is 16.6 Å². The molecule has 5 rings (SSSR count). The van der Waals surface area contributed by atoms with Gasteiger partial charge in [0, 0.05) is 17.8 Å². The number of aromatic amines is 1. The molecule has 0 aliphatic carbocycles. The summed E-state index contributed by atoms with van der Waals surface area (Å²) in [5.41, 5.74) is 3.47. The Hall–Kier alpha value is -3.12. The molecule has 1 atom stereocenters. The Balaban J connectivity index is 1.37. The van der Waals surface area contributed by atoms with Crippen molar-refractivity contribution in [2.75, 3.05) is 6.54 Å². The van der Waals surface area contributed by atoms with Gasteiger partial charge in [0.2, 0.25) is 0 Å². The molecular formula is C22H20ClN5O. The molecule has 7 heteroatoms. The number of carbonyl (C=O) groups excluding carboxylic acids is 1. The normalized spacial score (nSPS) is 16.6. The van der Waals surface area contributed by atoms with Crippen molar-refractivity contribution >= 4 is 28.5 Å². The number of halogens is 1. The molecule has 0 spiro atoms. The largest absolute Gasteiger partial charge is 0.340 e. The van der Waals surface area contributed by atoms with Gasteiger partial charge in [-0.1, -0.05) is 41.9 Å². The van der Waals surface area contributed by atoms with Crippen LogP contribution in [0.2, 0.25) is 5.02 Å². The molecule has 0 unspecified atom stereocenters. The molecule has 1 aliphatic heterocycles. The molecule has 3 heterocycles. The van der Waals surface area contributed by atoms with Crippen molar-refractivity contribution in [3.8, 4) is 0 Å². The lowest BCUT2D eigenvalue weighted by molar-refractivity contribution is 0.0730. The van der Waals surface area contributed by atoms with Crippen LogP contribution in [-0.4, -0.2) is 37.1 Å². The summed E-state index contributed by atoms with van der Waals surface area (Å²) in [6.07, 6.45) is 5.29. The lowest BCUT2D eigenvalue weighted by Crippen LogP contribution is -2.30. The number of rotatable bonds is 4. The Morgan fingerprint density at radius 3 is 2.86 bits per heavy atom. The molecule has 1 amide bonds. The molecule has 6 nitrogen and oxygen atoms in total. The lowest BCUT2D eigenvalue weighted by Gasteiger charge is -2.22. The summed E-state index contributed by atoms with van der Waals surface area (Å²) in [6, 6.07) is 15.6. The number of aromatic nitrogens is 4. The number of hydrogen-bond donors (Lipinski definition) is 1. The summed E-state index contributed by atoms with van der Waals surface area (Å²) in [4.78, 5) is 23.2. The number of likely N-dealkylation sites (tertiary alicyclic amines) is 1. The molecule has 1 N–H and O–H groups in total. The number of carbonyl (C=O) groups is 1. The number of benzene rings is 2. The van der Waals surface area contributed by atoms with Gasteiger partial charge in [-0.3, -0.25) is 9.48 Å². The van der Waals surface area contributed by atoms with E-state index in [1.54, 1.807) is 17.1 Å². The van der Waals surface area contributed by atoms with Gasteiger partial charge in [0.15, 0.2) is 0 Å². The molecule has 1 saturated heterocycles. The number of amides is 1. The highest BCUT2D eigenvalue weighted by Crippen LogP contribution is 2.32. The van der Waals surface area contributed by atoms with Crippen LogP contribution in [0.1, 0.15) is 40.6 Å². The second kappa shape index (κ2) is 7.37. The monoisotopic (exact) mass is 405 g/mol. The van der Waals surface area contributed by atoms with Crippen molar-refractivity contribution in [1.29, 1.82) is 0 Å². The van der Waals surface area contributed by atoms with Crippen LogP contribution < -0.4 is 0 Å². The number of H-pyrrole nitrogens is 1. The lowest BCUT2D eigenvalue weighted by atomic mass is 10.2. The Morgan fingerprint density at radius 1 is 1.17 bits per heavy atom. The first kappa shape index (κ1) is 17.9. The van der Waals surface area contributed by atoms with Crippen LogP contribution >= 0.6 is 11.6 Å². The molecule has 146 valence electrons. The van der Waals surface area contributed by atoms with Crippen LogP contribution in [0.3, 0.4) is 0 Å². The first-order chi connectivity index (χ1) is 14.2. The van der Waals surface area contributed by atoms with Crippen molar-refractivity contribution < 1.29 is 4.79 Å². The SMILES string of the molecule is O=C(c1cnn(Cc2ccccc2Cl)c1)N1CCC[C@@H]1c1nc2ccccc2[nH]1. The molecule has 0 saturated carbocycles. The first-order valence-corrected chi connectivity index (χ1v) is 10.1. The zero-order valence-corrected chi connectivity index (χ0v) is 16.5. The topological polar surface area (TPSA) is 66.8 Å². The summed E-state index contributed by atoms with van der Waals surface area (Å²) in [5.74, 6) is 0.832. The van der Waals surface area contributed by atoms with E-state index in [-0.39, 0.29) is 11.9 Å². The van der Waals surface area contributed by atoms with Crippen LogP contribution in [-0.2, 0) is 6.54 Å². The second-order valence-electron chi connectivity index (χ2n) is 7.31. The minimum absolute atomic E-state index is 0.0154. The van der Waals surface area contributed by atoms with E-state index in [1.165, 1.54) is 0 Å². The molecule has 29 heavy (non-hydrogen) atoms. The summed E-state index contributed by atoms with van der Waals surface area (Å²) in [5, 5.41) is 5.06. The minimum Gasteiger partial charge on any atom is -0.340 e. The van der Waals surface area contributed by atoms with Gasteiger partial charge in [0.25, 0.3) is 5.91 Å². The Labute approximate surface area is 173 Å². The van der Waals surface area contributed by atoms with E-state index in [1.807, 2.05) is 53.4 Å². The summed E-state index contributed by atoms with van der Waals surface area (Å²) in [6.45, 7) is 1.25. The van der Waals surface area contributed by atoms with E-state index >= 15 is 0 Å². The predicted octanol–water partition coefficient (Wildman–Crippen LogP) is 4.44. The standard InChI is InChI=1S/C22H20ClN5O/c23-17-7-2-1-6-15(17)13-27-14-16(12-24-27)22(29)28-11-5-10-20(28)21-25-18-8-3-4-9-19(18)26-21/h1-4,6-9,12,14,20H,5,10-11,13H2,(H,25,26)/t20-/m1/s1. The van der Waals surface area contributed by atoms with Crippen LogP contribution in [0.5, 0.6) is 0 Å². The third kappa shape index (κ3) is 3.40. The van der Waals surface area contributed by atoms with E-state index in [2.05, 4.69) is 10.1 Å². The summed E-state index contributed by atoms with van der Waals surface area (Å²) in [7, 11) is 0. The fourth-order valence-corrected chi connectivity index (χ4v) is 4.15. The van der Waals surface area contributed by atoms with E-state index in [9.17, 15) is 4.79 Å². The van der Waals surface area contributed by atoms with Crippen LogP contribution in [0.15, 0.2) is 60.9 Å². The summed E-state index contributed by atoms with van der Waals surface area (Å²) < 4.78 is 1.75. The van der Waals surface area contributed by atoms with Crippen LogP contribution in [0.4, 0.5) is 0 Å². The van der Waals surface area contributed by atoms with E-state index in [0.717, 1.165) is 41.8 Å². The Kier molecular flexibility index (Phi) is 4.56. The number of para-hydroxylation sites is 2. The number of hydrogen-bond acceptors (Lipinski definition) is 3. The summed E-state index contributed by atoms with van der Waals surface area (Å²) >= 11 is 6.24. The van der Waals surface area contributed by atoms with Gasteiger partial charge in [-0.25, -0.2) is 4.98 Å². The van der Waals surface area contributed by atoms with Crippen molar-refractivity contribution in [2.45, 2.75) is 25.4 Å². The number of nitrogens with one attached hydrogen (secondary N) is 1. The van der Waals surface area contributed by atoms with Gasteiger partial charge in [0.1, 0.15) is 5.82 Å². The molecule has 2 aromatic carbocycles. The number of imidazole rings is 1. The van der Waals surface area contributed by atoms with Crippen molar-refractivity contribution in [1.82, 2.24) is 24.6 Å². The average molecular weight is 406 g/mol. The van der Waals surface area contributed by atoms with E-state index in [0.29, 0.717) is 17.1 Å². The minimum atomic E-state index is -0.0400. The first-order valence-electron chi connectivity index (χ1n) is 9.70. The van der Waals surface area contributed by atoms with Gasteiger partial charge >= 0.3 is 0 Å². The van der Waals surface area contributed by atoms with Crippen molar-refractivity contribution in [3.05, 3.63) is 82.9 Å². The average Bonchev–Trinajstić information content (AvgIpc) is 3.48. The number of fused-ring (bicyclic) bond motifs is 1. The Bertz CT molecular complexity index is 1150. The molecule has 0 bridgehead atoms. The zero-order chi connectivity index (χ0) is 19.8. The van der Waals surface area contributed by atoms with E-state index < -0.39 is 0 Å².